The molecule has 4 heteroatoms. The summed E-state index contributed by atoms with van der Waals surface area (Å²) in [7, 11) is 0. The zero-order valence-corrected chi connectivity index (χ0v) is 5.66. The monoisotopic (exact) mass is 154 g/mol. The van der Waals surface area contributed by atoms with Gasteiger partial charge >= 0.3 is 0 Å². The third kappa shape index (κ3) is 1.67. The maximum atomic E-state index is 12.7. The smallest absolute Gasteiger partial charge is 0.135 e. The average molecular weight is 154 g/mol. The van der Waals surface area contributed by atoms with Crippen molar-refractivity contribution in [2.24, 2.45) is 10.9 Å². The predicted octanol–water partition coefficient (Wildman–Crippen LogP) is 0.824. The fourth-order valence-electron chi connectivity index (χ4n) is 0.701. The highest BCUT2D eigenvalue weighted by molar-refractivity contribution is 5.79. The third-order valence-corrected chi connectivity index (χ3v) is 1.20. The quantitative estimate of drug-likeness (QED) is 0.357. The van der Waals surface area contributed by atoms with Gasteiger partial charge in [0.05, 0.1) is 6.21 Å². The Hall–Kier alpha value is -1.58. The van der Waals surface area contributed by atoms with Crippen LogP contribution in [0.15, 0.2) is 23.3 Å². The summed E-state index contributed by atoms with van der Waals surface area (Å²) in [6.07, 6.45) is 1.18. The molecule has 0 radical (unpaired) electrons. The number of rotatable bonds is 1. The number of aromatic hydroxyl groups is 1. The van der Waals surface area contributed by atoms with E-state index in [9.17, 15) is 4.39 Å². The summed E-state index contributed by atoms with van der Waals surface area (Å²) < 4.78 is 12.7. The largest absolute Gasteiger partial charge is 0.508 e. The summed E-state index contributed by atoms with van der Waals surface area (Å²) in [4.78, 5) is 0. The van der Waals surface area contributed by atoms with E-state index in [-0.39, 0.29) is 11.3 Å². The minimum Gasteiger partial charge on any atom is -0.508 e. The van der Waals surface area contributed by atoms with Gasteiger partial charge < -0.3 is 10.9 Å². The number of phenolic OH excluding ortho intramolecular Hbond substituents is 1. The molecule has 0 bridgehead atoms. The molecule has 0 saturated carbocycles. The van der Waals surface area contributed by atoms with Gasteiger partial charge in [0.15, 0.2) is 0 Å². The molecule has 3 N–H and O–H groups in total. The first-order valence-corrected chi connectivity index (χ1v) is 2.96. The molecule has 0 spiro atoms. The van der Waals surface area contributed by atoms with Gasteiger partial charge in [0.2, 0.25) is 0 Å². The SMILES string of the molecule is NN=Cc1ccc(O)cc1F. The lowest BCUT2D eigenvalue weighted by molar-refractivity contribution is 0.469. The topological polar surface area (TPSA) is 58.6 Å². The van der Waals surface area contributed by atoms with Gasteiger partial charge in [-0.3, -0.25) is 0 Å². The molecule has 0 aromatic heterocycles. The predicted molar refractivity (Wildman–Crippen MR) is 39.8 cm³/mol. The fraction of sp³-hybridized carbons (Fsp3) is 0. The first kappa shape index (κ1) is 7.53. The van der Waals surface area contributed by atoms with E-state index in [1.165, 1.54) is 18.3 Å². The Labute approximate surface area is 63.0 Å². The first-order chi connectivity index (χ1) is 5.24. The highest BCUT2D eigenvalue weighted by Crippen LogP contribution is 2.12. The van der Waals surface area contributed by atoms with Gasteiger partial charge in [0.1, 0.15) is 11.6 Å². The van der Waals surface area contributed by atoms with E-state index in [0.29, 0.717) is 0 Å². The number of phenols is 1. The molecule has 0 aliphatic rings. The zero-order chi connectivity index (χ0) is 8.27. The van der Waals surface area contributed by atoms with E-state index >= 15 is 0 Å². The van der Waals surface area contributed by atoms with Crippen LogP contribution < -0.4 is 5.84 Å². The molecule has 11 heavy (non-hydrogen) atoms. The van der Waals surface area contributed by atoms with Crippen LogP contribution in [0.2, 0.25) is 0 Å². The van der Waals surface area contributed by atoms with E-state index in [0.717, 1.165) is 6.07 Å². The lowest BCUT2D eigenvalue weighted by Gasteiger charge is -1.95. The van der Waals surface area contributed by atoms with Crippen LogP contribution in [0.25, 0.3) is 0 Å². The van der Waals surface area contributed by atoms with Crippen molar-refractivity contribution in [1.82, 2.24) is 0 Å². The Bertz CT molecular complexity index is 286. The molecule has 1 aromatic carbocycles. The highest BCUT2D eigenvalue weighted by atomic mass is 19.1. The molecule has 1 aromatic rings. The third-order valence-electron chi connectivity index (χ3n) is 1.20. The molecular weight excluding hydrogens is 147 g/mol. The lowest BCUT2D eigenvalue weighted by Crippen LogP contribution is -1.90. The summed E-state index contributed by atoms with van der Waals surface area (Å²) >= 11 is 0. The molecule has 0 unspecified atom stereocenters. The van der Waals surface area contributed by atoms with Crippen LogP contribution in [0.3, 0.4) is 0 Å². The van der Waals surface area contributed by atoms with Crippen molar-refractivity contribution in [2.45, 2.75) is 0 Å². The Morgan fingerprint density at radius 2 is 2.27 bits per heavy atom. The second kappa shape index (κ2) is 3.01. The maximum absolute atomic E-state index is 12.7. The van der Waals surface area contributed by atoms with Gasteiger partial charge in [-0.1, -0.05) is 0 Å². The number of hydrazone groups is 1. The van der Waals surface area contributed by atoms with E-state index in [1.807, 2.05) is 0 Å². The maximum Gasteiger partial charge on any atom is 0.135 e. The lowest BCUT2D eigenvalue weighted by atomic mass is 10.2. The Morgan fingerprint density at radius 1 is 1.55 bits per heavy atom. The molecule has 0 amide bonds. The van der Waals surface area contributed by atoms with Crippen molar-refractivity contribution < 1.29 is 9.50 Å². The number of nitrogens with zero attached hydrogens (tertiary/aromatic N) is 1. The molecule has 1 rings (SSSR count). The summed E-state index contributed by atoms with van der Waals surface area (Å²) in [5.74, 6) is 4.15. The Kier molecular flexibility index (Phi) is 2.06. The van der Waals surface area contributed by atoms with Crippen molar-refractivity contribution in [3.63, 3.8) is 0 Å². The van der Waals surface area contributed by atoms with E-state index in [1.54, 1.807) is 0 Å². The second-order valence-electron chi connectivity index (χ2n) is 1.98. The van der Waals surface area contributed by atoms with Crippen molar-refractivity contribution in [3.8, 4) is 5.75 Å². The van der Waals surface area contributed by atoms with Crippen molar-refractivity contribution in [1.29, 1.82) is 0 Å². The summed E-state index contributed by atoms with van der Waals surface area (Å²) in [5, 5.41) is 11.9. The van der Waals surface area contributed by atoms with Crippen LogP contribution >= 0.6 is 0 Å². The van der Waals surface area contributed by atoms with Gasteiger partial charge in [0.25, 0.3) is 0 Å². The molecule has 0 aliphatic carbocycles. The number of halogens is 1. The van der Waals surface area contributed by atoms with Crippen molar-refractivity contribution in [3.05, 3.63) is 29.6 Å². The molecule has 0 saturated heterocycles. The Morgan fingerprint density at radius 3 is 2.82 bits per heavy atom. The summed E-state index contributed by atoms with van der Waals surface area (Å²) in [5.41, 5.74) is 0.255. The number of hydrogen-bond acceptors (Lipinski definition) is 3. The van der Waals surface area contributed by atoms with Crippen LogP contribution in [-0.2, 0) is 0 Å². The molecule has 0 aliphatic heterocycles. The standard InChI is InChI=1S/C7H7FN2O/c8-7-3-6(11)2-1-5(7)4-10-9/h1-4,11H,9H2. The molecule has 0 heterocycles. The van der Waals surface area contributed by atoms with Crippen LogP contribution in [-0.4, -0.2) is 11.3 Å². The van der Waals surface area contributed by atoms with Crippen LogP contribution in [0.4, 0.5) is 4.39 Å². The average Bonchev–Trinajstić information content (AvgIpc) is 1.95. The Balaban J connectivity index is 3.09. The number of nitrogens with two attached hydrogens (primary N) is 1. The summed E-state index contributed by atoms with van der Waals surface area (Å²) in [6, 6.07) is 3.75. The molecular formula is C7H7FN2O. The normalized spacial score (nSPS) is 10.6. The molecule has 0 fully saturated rings. The number of hydrogen-bond donors (Lipinski definition) is 2. The number of benzene rings is 1. The molecule has 3 nitrogen and oxygen atoms in total. The van der Waals surface area contributed by atoms with Crippen LogP contribution in [0.5, 0.6) is 5.75 Å². The molecule has 0 atom stereocenters. The minimum absolute atomic E-state index is 0.114. The van der Waals surface area contributed by atoms with Crippen molar-refractivity contribution in [2.75, 3.05) is 0 Å². The molecule has 58 valence electrons. The van der Waals surface area contributed by atoms with Gasteiger partial charge in [-0.05, 0) is 12.1 Å². The van der Waals surface area contributed by atoms with Gasteiger partial charge in [-0.15, -0.1) is 0 Å². The van der Waals surface area contributed by atoms with Crippen molar-refractivity contribution >= 4 is 6.21 Å². The summed E-state index contributed by atoms with van der Waals surface area (Å²) in [6.45, 7) is 0. The van der Waals surface area contributed by atoms with Crippen LogP contribution in [0, 0.1) is 5.82 Å². The van der Waals surface area contributed by atoms with E-state index in [2.05, 4.69) is 5.10 Å². The minimum atomic E-state index is -0.542. The van der Waals surface area contributed by atoms with Gasteiger partial charge in [-0.2, -0.15) is 5.10 Å². The van der Waals surface area contributed by atoms with E-state index in [4.69, 9.17) is 10.9 Å². The first-order valence-electron chi connectivity index (χ1n) is 2.96. The zero-order valence-electron chi connectivity index (χ0n) is 5.66. The van der Waals surface area contributed by atoms with Gasteiger partial charge in [0, 0.05) is 11.6 Å². The van der Waals surface area contributed by atoms with E-state index < -0.39 is 5.82 Å². The fourth-order valence-corrected chi connectivity index (χ4v) is 0.701. The van der Waals surface area contributed by atoms with Crippen LogP contribution in [0.1, 0.15) is 5.56 Å². The second-order valence-corrected chi connectivity index (χ2v) is 1.98. The highest BCUT2D eigenvalue weighted by Gasteiger charge is 1.98. The van der Waals surface area contributed by atoms with Gasteiger partial charge in [-0.25, -0.2) is 4.39 Å².